The Hall–Kier alpha value is -2.25. The quantitative estimate of drug-likeness (QED) is 0.555. The van der Waals surface area contributed by atoms with Crippen LogP contribution in [0.25, 0.3) is 0 Å². The van der Waals surface area contributed by atoms with Gasteiger partial charge in [-0.1, -0.05) is 35.3 Å². The molecular weight excluding hydrogens is 419 g/mol. The fraction of sp³-hybridized carbons (Fsp3) is 0.100. The summed E-state index contributed by atoms with van der Waals surface area (Å²) in [5.41, 5.74) is 2.57. The van der Waals surface area contributed by atoms with E-state index >= 15 is 0 Å². The van der Waals surface area contributed by atoms with E-state index in [-0.39, 0.29) is 4.90 Å². The van der Waals surface area contributed by atoms with E-state index in [1.807, 2.05) is 36.4 Å². The summed E-state index contributed by atoms with van der Waals surface area (Å²) in [7, 11) is -3.71. The van der Waals surface area contributed by atoms with E-state index in [1.165, 1.54) is 12.1 Å². The second-order valence-electron chi connectivity index (χ2n) is 6.09. The van der Waals surface area contributed by atoms with Gasteiger partial charge < -0.3 is 10.1 Å². The van der Waals surface area contributed by atoms with Gasteiger partial charge in [0.1, 0.15) is 12.4 Å². The molecule has 0 unspecified atom stereocenters. The van der Waals surface area contributed by atoms with Gasteiger partial charge in [-0.05, 0) is 60.2 Å². The highest BCUT2D eigenvalue weighted by molar-refractivity contribution is 7.89. The maximum Gasteiger partial charge on any atom is 0.238 e. The number of nitrogens with one attached hydrogen (secondary N) is 1. The lowest BCUT2D eigenvalue weighted by atomic mass is 10.2. The average molecular weight is 437 g/mol. The minimum absolute atomic E-state index is 0.0614. The van der Waals surface area contributed by atoms with E-state index in [1.54, 1.807) is 18.2 Å². The van der Waals surface area contributed by atoms with E-state index < -0.39 is 10.0 Å². The summed E-state index contributed by atoms with van der Waals surface area (Å²) in [6.07, 6.45) is 0. The molecule has 5 nitrogen and oxygen atoms in total. The van der Waals surface area contributed by atoms with Gasteiger partial charge >= 0.3 is 0 Å². The predicted molar refractivity (Wildman–Crippen MR) is 112 cm³/mol. The molecular formula is C20H18Cl2N2O3S. The number of halogens is 2. The Bertz CT molecular complexity index is 1070. The van der Waals surface area contributed by atoms with Crippen molar-refractivity contribution in [1.82, 2.24) is 0 Å². The van der Waals surface area contributed by atoms with E-state index in [0.717, 1.165) is 16.8 Å². The largest absolute Gasteiger partial charge is 0.489 e. The Morgan fingerprint density at radius 1 is 0.929 bits per heavy atom. The number of hydrogen-bond acceptors (Lipinski definition) is 4. The molecule has 0 atom stereocenters. The van der Waals surface area contributed by atoms with Gasteiger partial charge in [-0.25, -0.2) is 13.6 Å². The lowest BCUT2D eigenvalue weighted by Crippen LogP contribution is -2.12. The number of sulfonamides is 1. The molecule has 0 aliphatic heterocycles. The van der Waals surface area contributed by atoms with Crippen LogP contribution in [-0.4, -0.2) is 8.42 Å². The Kier molecular flexibility index (Phi) is 6.46. The van der Waals surface area contributed by atoms with Gasteiger partial charge in [0.2, 0.25) is 10.0 Å². The van der Waals surface area contributed by atoms with Crippen molar-refractivity contribution >= 4 is 38.9 Å². The number of primary sulfonamides is 1. The van der Waals surface area contributed by atoms with E-state index in [9.17, 15) is 8.42 Å². The van der Waals surface area contributed by atoms with Crippen molar-refractivity contribution in [3.8, 4) is 5.75 Å². The first kappa shape index (κ1) is 20.5. The predicted octanol–water partition coefficient (Wildman–Crippen LogP) is 4.83. The van der Waals surface area contributed by atoms with Crippen LogP contribution in [0.3, 0.4) is 0 Å². The summed E-state index contributed by atoms with van der Waals surface area (Å²) in [4.78, 5) is 0.0614. The molecule has 8 heteroatoms. The zero-order chi connectivity index (χ0) is 20.1. The molecule has 0 radical (unpaired) electrons. The van der Waals surface area contributed by atoms with Crippen LogP contribution in [0.2, 0.25) is 10.0 Å². The molecule has 3 rings (SSSR count). The molecule has 0 heterocycles. The molecule has 0 aliphatic rings. The summed E-state index contributed by atoms with van der Waals surface area (Å²) in [5.74, 6) is 0.693. The maximum absolute atomic E-state index is 11.3. The standard InChI is InChI=1S/C20H18Cl2N2O3S/c21-16-3-1-2-14(10-16)13-27-20-9-4-17(22)11-15(20)12-24-18-5-7-19(8-6-18)28(23,25)26/h1-11,24H,12-13H2,(H2,23,25,26). The van der Waals surface area contributed by atoms with Crippen molar-refractivity contribution in [3.63, 3.8) is 0 Å². The van der Waals surface area contributed by atoms with Gasteiger partial charge in [0.15, 0.2) is 0 Å². The monoisotopic (exact) mass is 436 g/mol. The van der Waals surface area contributed by atoms with E-state index in [2.05, 4.69) is 5.32 Å². The lowest BCUT2D eigenvalue weighted by molar-refractivity contribution is 0.303. The Morgan fingerprint density at radius 3 is 2.32 bits per heavy atom. The summed E-state index contributed by atoms with van der Waals surface area (Å²) in [6, 6.07) is 19.1. The zero-order valence-electron chi connectivity index (χ0n) is 14.7. The molecule has 3 aromatic rings. The first-order chi connectivity index (χ1) is 13.3. The van der Waals surface area contributed by atoms with Crippen LogP contribution in [0, 0.1) is 0 Å². The summed E-state index contributed by atoms with van der Waals surface area (Å²) < 4.78 is 28.6. The fourth-order valence-corrected chi connectivity index (χ4v) is 3.50. The molecule has 0 amide bonds. The molecule has 146 valence electrons. The lowest BCUT2D eigenvalue weighted by Gasteiger charge is -2.14. The third-order valence-electron chi connectivity index (χ3n) is 3.97. The van der Waals surface area contributed by atoms with Gasteiger partial charge in [0.05, 0.1) is 4.90 Å². The summed E-state index contributed by atoms with van der Waals surface area (Å²) in [6.45, 7) is 0.818. The molecule has 0 saturated heterocycles. The van der Waals surface area contributed by atoms with Gasteiger partial charge in [0.25, 0.3) is 0 Å². The maximum atomic E-state index is 11.3. The van der Waals surface area contributed by atoms with Crippen molar-refractivity contribution in [1.29, 1.82) is 0 Å². The van der Waals surface area contributed by atoms with E-state index in [0.29, 0.717) is 28.9 Å². The van der Waals surface area contributed by atoms with Crippen LogP contribution in [0.4, 0.5) is 5.69 Å². The van der Waals surface area contributed by atoms with Crippen molar-refractivity contribution in [2.75, 3.05) is 5.32 Å². The molecule has 3 aromatic carbocycles. The van der Waals surface area contributed by atoms with Crippen LogP contribution >= 0.6 is 23.2 Å². The Balaban J connectivity index is 1.70. The highest BCUT2D eigenvalue weighted by atomic mass is 35.5. The number of ether oxygens (including phenoxy) is 1. The van der Waals surface area contributed by atoms with Crippen LogP contribution in [-0.2, 0) is 23.2 Å². The number of benzene rings is 3. The highest BCUT2D eigenvalue weighted by Crippen LogP contribution is 2.25. The zero-order valence-corrected chi connectivity index (χ0v) is 17.1. The molecule has 3 N–H and O–H groups in total. The molecule has 0 aromatic heterocycles. The van der Waals surface area contributed by atoms with Crippen LogP contribution < -0.4 is 15.2 Å². The second kappa shape index (κ2) is 8.84. The Labute approximate surface area is 174 Å². The van der Waals surface area contributed by atoms with Gasteiger partial charge in [-0.15, -0.1) is 0 Å². The van der Waals surface area contributed by atoms with Crippen molar-refractivity contribution in [2.45, 2.75) is 18.0 Å². The first-order valence-corrected chi connectivity index (χ1v) is 10.6. The van der Waals surface area contributed by atoms with Crippen LogP contribution in [0.15, 0.2) is 71.6 Å². The summed E-state index contributed by atoms with van der Waals surface area (Å²) in [5, 5.41) is 9.58. The van der Waals surface area contributed by atoms with Gasteiger partial charge in [0, 0.05) is 27.8 Å². The van der Waals surface area contributed by atoms with Gasteiger partial charge in [-0.3, -0.25) is 0 Å². The molecule has 0 fully saturated rings. The normalized spacial score (nSPS) is 11.2. The molecule has 0 spiro atoms. The average Bonchev–Trinajstić information content (AvgIpc) is 2.65. The van der Waals surface area contributed by atoms with Crippen LogP contribution in [0.1, 0.15) is 11.1 Å². The SMILES string of the molecule is NS(=O)(=O)c1ccc(NCc2cc(Cl)ccc2OCc2cccc(Cl)c2)cc1. The number of hydrogen-bond donors (Lipinski definition) is 2. The second-order valence-corrected chi connectivity index (χ2v) is 8.53. The highest BCUT2D eigenvalue weighted by Gasteiger charge is 2.08. The molecule has 28 heavy (non-hydrogen) atoms. The van der Waals surface area contributed by atoms with E-state index in [4.69, 9.17) is 33.1 Å². The summed E-state index contributed by atoms with van der Waals surface area (Å²) >= 11 is 12.1. The van der Waals surface area contributed by atoms with Crippen molar-refractivity contribution < 1.29 is 13.2 Å². The number of anilines is 1. The minimum Gasteiger partial charge on any atom is -0.489 e. The Morgan fingerprint density at radius 2 is 1.64 bits per heavy atom. The number of rotatable bonds is 7. The molecule has 0 saturated carbocycles. The fourth-order valence-electron chi connectivity index (χ4n) is 2.57. The third-order valence-corrected chi connectivity index (χ3v) is 5.37. The topological polar surface area (TPSA) is 81.4 Å². The van der Waals surface area contributed by atoms with Gasteiger partial charge in [-0.2, -0.15) is 0 Å². The minimum atomic E-state index is -3.71. The van der Waals surface area contributed by atoms with Crippen molar-refractivity contribution in [3.05, 3.63) is 87.9 Å². The number of nitrogens with two attached hydrogens (primary N) is 1. The third kappa shape index (κ3) is 5.62. The van der Waals surface area contributed by atoms with Crippen LogP contribution in [0.5, 0.6) is 5.75 Å². The van der Waals surface area contributed by atoms with Crippen molar-refractivity contribution in [2.24, 2.45) is 5.14 Å². The first-order valence-electron chi connectivity index (χ1n) is 8.34. The smallest absolute Gasteiger partial charge is 0.238 e. The molecule has 0 aliphatic carbocycles. The molecule has 0 bridgehead atoms.